The third-order valence-corrected chi connectivity index (χ3v) is 8.54. The van der Waals surface area contributed by atoms with Gasteiger partial charge >= 0.3 is 0 Å². The number of piperidine rings is 1. The van der Waals surface area contributed by atoms with E-state index in [2.05, 4.69) is 34.3 Å². The van der Waals surface area contributed by atoms with E-state index in [1.807, 2.05) is 0 Å². The molecule has 1 N–H and O–H groups in total. The van der Waals surface area contributed by atoms with Gasteiger partial charge in [-0.05, 0) is 43.4 Å². The number of aromatic nitrogens is 2. The zero-order valence-corrected chi connectivity index (χ0v) is 20.8. The van der Waals surface area contributed by atoms with Crippen LogP contribution in [0.1, 0.15) is 48.5 Å². The van der Waals surface area contributed by atoms with E-state index in [0.29, 0.717) is 42.9 Å². The second-order valence-corrected chi connectivity index (χ2v) is 11.8. The van der Waals surface area contributed by atoms with Gasteiger partial charge in [-0.25, -0.2) is 8.42 Å². The van der Waals surface area contributed by atoms with E-state index in [9.17, 15) is 13.2 Å². The molecule has 0 aliphatic carbocycles. The number of carbonyl (C=O) groups excluding carboxylic acids is 1. The van der Waals surface area contributed by atoms with Crippen LogP contribution in [-0.4, -0.2) is 68.2 Å². The number of nitrogens with zero attached hydrogens (tertiary/aromatic N) is 4. The molecule has 2 aliphatic heterocycles. The molecule has 0 unspecified atom stereocenters. The van der Waals surface area contributed by atoms with Crippen molar-refractivity contribution in [2.24, 2.45) is 5.92 Å². The van der Waals surface area contributed by atoms with Crippen LogP contribution < -0.4 is 10.2 Å². The van der Waals surface area contributed by atoms with Crippen molar-refractivity contribution in [3.8, 4) is 0 Å². The summed E-state index contributed by atoms with van der Waals surface area (Å²) in [4.78, 5) is 15.6. The van der Waals surface area contributed by atoms with Crippen LogP contribution in [-0.2, 0) is 21.2 Å². The van der Waals surface area contributed by atoms with Crippen LogP contribution in [0, 0.1) is 5.92 Å². The largest absolute Gasteiger partial charge is 0.379 e. The normalized spacial score (nSPS) is 18.0. The van der Waals surface area contributed by atoms with Gasteiger partial charge in [0, 0.05) is 38.3 Å². The van der Waals surface area contributed by atoms with Gasteiger partial charge in [-0.2, -0.15) is 4.31 Å². The Morgan fingerprint density at radius 3 is 2.55 bits per heavy atom. The smallest absolute Gasteiger partial charge is 0.259 e. The third kappa shape index (κ3) is 5.71. The number of morpholine rings is 1. The molecule has 2 aromatic rings. The zero-order chi connectivity index (χ0) is 23.4. The Morgan fingerprint density at radius 1 is 1.12 bits per heavy atom. The molecule has 11 heteroatoms. The van der Waals surface area contributed by atoms with E-state index in [4.69, 9.17) is 4.74 Å². The number of hydrogen-bond acceptors (Lipinski definition) is 8. The number of amides is 1. The van der Waals surface area contributed by atoms with Gasteiger partial charge in [-0.3, -0.25) is 10.1 Å². The number of benzene rings is 1. The van der Waals surface area contributed by atoms with Gasteiger partial charge in [0.1, 0.15) is 5.01 Å². The molecule has 3 heterocycles. The molecule has 1 aromatic heterocycles. The van der Waals surface area contributed by atoms with Crippen molar-refractivity contribution in [2.75, 3.05) is 49.6 Å². The van der Waals surface area contributed by atoms with Gasteiger partial charge in [0.15, 0.2) is 0 Å². The Labute approximate surface area is 199 Å². The van der Waals surface area contributed by atoms with Crippen molar-refractivity contribution < 1.29 is 17.9 Å². The fourth-order valence-electron chi connectivity index (χ4n) is 4.10. The number of sulfonamides is 1. The summed E-state index contributed by atoms with van der Waals surface area (Å²) in [6, 6.07) is 4.87. The van der Waals surface area contributed by atoms with E-state index < -0.39 is 10.0 Å². The summed E-state index contributed by atoms with van der Waals surface area (Å²) in [5.74, 6) is 0.0659. The number of anilines is 2. The summed E-state index contributed by atoms with van der Waals surface area (Å²) in [7, 11) is -3.72. The lowest BCUT2D eigenvalue weighted by Gasteiger charge is -2.31. The topological polar surface area (TPSA) is 105 Å². The molecule has 2 saturated heterocycles. The lowest BCUT2D eigenvalue weighted by molar-refractivity contribution is 0.0730. The average molecular weight is 494 g/mol. The molecular weight excluding hydrogens is 462 g/mol. The summed E-state index contributed by atoms with van der Waals surface area (Å²) < 4.78 is 33.1. The number of carbonyl (C=O) groups is 1. The van der Waals surface area contributed by atoms with Gasteiger partial charge in [-0.1, -0.05) is 25.2 Å². The molecule has 1 amide bonds. The highest BCUT2D eigenvalue weighted by atomic mass is 32.2. The Bertz CT molecular complexity index is 1070. The molecular formula is C22H31N5O4S2. The zero-order valence-electron chi connectivity index (χ0n) is 19.1. The Balaban J connectivity index is 1.64. The van der Waals surface area contributed by atoms with E-state index in [1.165, 1.54) is 21.7 Å². The van der Waals surface area contributed by atoms with Crippen LogP contribution >= 0.6 is 11.3 Å². The lowest BCUT2D eigenvalue weighted by Crippen LogP contribution is -2.40. The van der Waals surface area contributed by atoms with E-state index in [-0.39, 0.29) is 10.8 Å². The Kier molecular flexibility index (Phi) is 7.62. The van der Waals surface area contributed by atoms with Crippen LogP contribution in [0.2, 0.25) is 0 Å². The summed E-state index contributed by atoms with van der Waals surface area (Å²) in [6.07, 6.45) is 4.04. The number of hydrogen-bond donors (Lipinski definition) is 1. The minimum absolute atomic E-state index is 0.119. The van der Waals surface area contributed by atoms with Crippen LogP contribution in [0.5, 0.6) is 0 Å². The van der Waals surface area contributed by atoms with Crippen molar-refractivity contribution in [2.45, 2.75) is 44.4 Å². The molecule has 0 spiro atoms. The fourth-order valence-corrected chi connectivity index (χ4v) is 6.49. The molecule has 4 rings (SSSR count). The molecule has 180 valence electrons. The van der Waals surface area contributed by atoms with E-state index in [0.717, 1.165) is 49.5 Å². The van der Waals surface area contributed by atoms with Crippen molar-refractivity contribution in [3.05, 3.63) is 28.8 Å². The lowest BCUT2D eigenvalue weighted by atomic mass is 10.1. The predicted octanol–water partition coefficient (Wildman–Crippen LogP) is 3.00. The maximum atomic E-state index is 13.3. The van der Waals surface area contributed by atoms with E-state index >= 15 is 0 Å². The van der Waals surface area contributed by atoms with Gasteiger partial charge in [0.2, 0.25) is 15.2 Å². The van der Waals surface area contributed by atoms with Crippen LogP contribution in [0.25, 0.3) is 0 Å². The summed E-state index contributed by atoms with van der Waals surface area (Å²) in [5.41, 5.74) is 1.09. The maximum Gasteiger partial charge on any atom is 0.259 e. The first-order valence-corrected chi connectivity index (χ1v) is 13.7. The quantitative estimate of drug-likeness (QED) is 0.632. The van der Waals surface area contributed by atoms with Crippen LogP contribution in [0.15, 0.2) is 23.1 Å². The Hall–Kier alpha value is -2.08. The number of nitrogens with one attached hydrogen (secondary N) is 1. The average Bonchev–Trinajstić information content (AvgIpc) is 3.25. The molecule has 2 aliphatic rings. The Morgan fingerprint density at radius 2 is 1.85 bits per heavy atom. The molecule has 0 atom stereocenters. The number of rotatable bonds is 7. The van der Waals surface area contributed by atoms with Crippen LogP contribution in [0.3, 0.4) is 0 Å². The van der Waals surface area contributed by atoms with E-state index in [1.54, 1.807) is 12.1 Å². The van der Waals surface area contributed by atoms with Gasteiger partial charge in [-0.15, -0.1) is 10.2 Å². The molecule has 1 aromatic carbocycles. The first kappa shape index (κ1) is 24.1. The van der Waals surface area contributed by atoms with Crippen molar-refractivity contribution in [3.63, 3.8) is 0 Å². The van der Waals surface area contributed by atoms with Gasteiger partial charge in [0.05, 0.1) is 23.7 Å². The predicted molar refractivity (Wildman–Crippen MR) is 128 cm³/mol. The molecule has 0 saturated carbocycles. The molecule has 0 radical (unpaired) electrons. The molecule has 0 bridgehead atoms. The first-order valence-electron chi connectivity index (χ1n) is 11.5. The van der Waals surface area contributed by atoms with Gasteiger partial charge < -0.3 is 9.64 Å². The summed E-state index contributed by atoms with van der Waals surface area (Å²) in [5, 5.41) is 12.4. The third-order valence-electron chi connectivity index (χ3n) is 5.79. The van der Waals surface area contributed by atoms with Crippen molar-refractivity contribution in [1.29, 1.82) is 0 Å². The SMILES string of the molecule is CC(C)Cc1nnc(NC(=O)c2cc(S(=O)(=O)N3CCOCC3)ccc2N2CCCCC2)s1. The van der Waals surface area contributed by atoms with Gasteiger partial charge in [0.25, 0.3) is 5.91 Å². The maximum absolute atomic E-state index is 13.3. The van der Waals surface area contributed by atoms with Crippen LogP contribution in [0.4, 0.5) is 10.8 Å². The number of ether oxygens (including phenoxy) is 1. The highest BCUT2D eigenvalue weighted by molar-refractivity contribution is 7.89. The second kappa shape index (κ2) is 10.5. The monoisotopic (exact) mass is 493 g/mol. The second-order valence-electron chi connectivity index (χ2n) is 8.80. The molecule has 2 fully saturated rings. The summed E-state index contributed by atoms with van der Waals surface area (Å²) >= 11 is 1.35. The highest BCUT2D eigenvalue weighted by Gasteiger charge is 2.29. The first-order chi connectivity index (χ1) is 15.8. The van der Waals surface area contributed by atoms with Crippen molar-refractivity contribution >= 4 is 38.1 Å². The standard InChI is InChI=1S/C22H31N5O4S2/c1-16(2)14-20-24-25-22(32-20)23-21(28)18-15-17(33(29,30)27-10-12-31-13-11-27)6-7-19(18)26-8-4-3-5-9-26/h6-7,15-16H,3-5,8-14H2,1-2H3,(H,23,25,28). The molecule has 33 heavy (non-hydrogen) atoms. The molecule has 9 nitrogen and oxygen atoms in total. The minimum atomic E-state index is -3.72. The fraction of sp³-hybridized carbons (Fsp3) is 0.591. The minimum Gasteiger partial charge on any atom is -0.379 e. The highest BCUT2D eigenvalue weighted by Crippen LogP contribution is 2.30. The van der Waals surface area contributed by atoms with Crippen molar-refractivity contribution in [1.82, 2.24) is 14.5 Å². The summed E-state index contributed by atoms with van der Waals surface area (Å²) in [6.45, 7) is 7.24.